The molecule has 4 nitrogen and oxygen atoms in total. The molecule has 1 aliphatic rings. The molecule has 0 fully saturated rings. The van der Waals surface area contributed by atoms with Crippen molar-refractivity contribution in [3.8, 4) is 5.75 Å². The zero-order valence-electron chi connectivity index (χ0n) is 13.7. The van der Waals surface area contributed by atoms with Gasteiger partial charge in [0.2, 0.25) is 0 Å². The van der Waals surface area contributed by atoms with Gasteiger partial charge in [0.15, 0.2) is 5.78 Å². The molecule has 3 rings (SSSR count). The van der Waals surface area contributed by atoms with Crippen molar-refractivity contribution in [3.05, 3.63) is 63.1 Å². The summed E-state index contributed by atoms with van der Waals surface area (Å²) in [5.74, 6) is -0.217. The predicted octanol–water partition coefficient (Wildman–Crippen LogP) is 2.84. The van der Waals surface area contributed by atoms with Crippen molar-refractivity contribution in [3.63, 3.8) is 0 Å². The van der Waals surface area contributed by atoms with Crippen molar-refractivity contribution in [2.75, 3.05) is 0 Å². The fraction of sp³-hybridized carbons (Fsp3) is 0.368. The summed E-state index contributed by atoms with van der Waals surface area (Å²) in [4.78, 5) is 25.2. The first-order valence-electron chi connectivity index (χ1n) is 7.81. The molecule has 2 aromatic rings. The minimum absolute atomic E-state index is 0.0846. The fourth-order valence-electron chi connectivity index (χ4n) is 3.38. The van der Waals surface area contributed by atoms with Crippen LogP contribution in [0.5, 0.6) is 5.75 Å². The maximum Gasteiger partial charge on any atom is 0.257 e. The number of ketones is 1. The Bertz CT molecular complexity index is 832. The Hall–Kier alpha value is -2.36. The molecular weight excluding hydrogens is 290 g/mol. The molecule has 1 aliphatic carbocycles. The Labute approximate surface area is 135 Å². The first-order chi connectivity index (χ1) is 10.8. The highest BCUT2D eigenvalue weighted by atomic mass is 16.3. The van der Waals surface area contributed by atoms with E-state index in [-0.39, 0.29) is 22.5 Å². The van der Waals surface area contributed by atoms with Gasteiger partial charge in [-0.15, -0.1) is 0 Å². The Balaban J connectivity index is 2.18. The Morgan fingerprint density at radius 2 is 1.78 bits per heavy atom. The van der Waals surface area contributed by atoms with Crippen molar-refractivity contribution in [1.82, 2.24) is 4.57 Å². The van der Waals surface area contributed by atoms with E-state index in [1.54, 1.807) is 7.05 Å². The molecule has 1 N–H and O–H groups in total. The van der Waals surface area contributed by atoms with Gasteiger partial charge in [0.1, 0.15) is 5.75 Å². The maximum absolute atomic E-state index is 12.7. The molecule has 0 saturated carbocycles. The van der Waals surface area contributed by atoms with Gasteiger partial charge < -0.3 is 9.67 Å². The van der Waals surface area contributed by atoms with Crippen LogP contribution in [-0.2, 0) is 19.9 Å². The lowest BCUT2D eigenvalue weighted by Gasteiger charge is -2.32. The van der Waals surface area contributed by atoms with Gasteiger partial charge in [0.25, 0.3) is 5.56 Å². The van der Waals surface area contributed by atoms with Gasteiger partial charge in [-0.25, -0.2) is 0 Å². The van der Waals surface area contributed by atoms with Crippen molar-refractivity contribution in [1.29, 1.82) is 0 Å². The lowest BCUT2D eigenvalue weighted by molar-refractivity contribution is 0.0904. The summed E-state index contributed by atoms with van der Waals surface area (Å²) in [6.07, 6.45) is 1.32. The molecule has 1 aromatic heterocycles. The summed E-state index contributed by atoms with van der Waals surface area (Å²) >= 11 is 0. The minimum Gasteiger partial charge on any atom is -0.507 e. The van der Waals surface area contributed by atoms with Gasteiger partial charge in [-0.3, -0.25) is 9.59 Å². The molecule has 120 valence electrons. The van der Waals surface area contributed by atoms with Crippen LogP contribution in [0.25, 0.3) is 0 Å². The number of hydrogen-bond donors (Lipinski definition) is 1. The molecule has 0 unspecified atom stereocenters. The number of fused-ring (bicyclic) bond motifs is 1. The first kappa shape index (κ1) is 15.5. The van der Waals surface area contributed by atoms with Gasteiger partial charge in [0.05, 0.1) is 11.1 Å². The number of rotatable bonds is 2. The molecule has 0 atom stereocenters. The molecular formula is C19H21NO3. The maximum atomic E-state index is 12.7. The van der Waals surface area contributed by atoms with E-state index in [0.717, 1.165) is 5.56 Å². The van der Waals surface area contributed by atoms with E-state index < -0.39 is 0 Å². The highest BCUT2D eigenvalue weighted by Gasteiger charge is 2.36. The lowest BCUT2D eigenvalue weighted by Crippen LogP contribution is -2.35. The quantitative estimate of drug-likeness (QED) is 0.928. The zero-order valence-corrected chi connectivity index (χ0v) is 13.7. The fourth-order valence-corrected chi connectivity index (χ4v) is 3.38. The zero-order chi connectivity index (χ0) is 16.8. The number of aromatic hydroxyl groups is 1. The molecule has 4 heteroatoms. The first-order valence-corrected chi connectivity index (χ1v) is 7.81. The van der Waals surface area contributed by atoms with E-state index >= 15 is 0 Å². The number of aromatic nitrogens is 1. The van der Waals surface area contributed by atoms with Crippen molar-refractivity contribution in [2.45, 2.75) is 33.1 Å². The Morgan fingerprint density at radius 1 is 1.13 bits per heavy atom. The average Bonchev–Trinajstić information content (AvgIpc) is 2.49. The number of hydrogen-bond acceptors (Lipinski definition) is 3. The lowest BCUT2D eigenvalue weighted by atomic mass is 9.75. The van der Waals surface area contributed by atoms with E-state index in [9.17, 15) is 14.7 Å². The summed E-state index contributed by atoms with van der Waals surface area (Å²) in [5.41, 5.74) is 1.79. The van der Waals surface area contributed by atoms with Crippen LogP contribution in [0.1, 0.15) is 47.4 Å². The Morgan fingerprint density at radius 3 is 2.43 bits per heavy atom. The van der Waals surface area contributed by atoms with Crippen LogP contribution in [0.15, 0.2) is 35.1 Å². The third kappa shape index (κ3) is 2.69. The van der Waals surface area contributed by atoms with E-state index in [1.165, 1.54) is 4.57 Å². The summed E-state index contributed by atoms with van der Waals surface area (Å²) in [7, 11) is 1.68. The van der Waals surface area contributed by atoms with Crippen LogP contribution in [0, 0.1) is 5.41 Å². The third-order valence-corrected chi connectivity index (χ3v) is 4.57. The highest BCUT2D eigenvalue weighted by molar-refractivity contribution is 6.01. The monoisotopic (exact) mass is 311 g/mol. The van der Waals surface area contributed by atoms with Gasteiger partial charge in [-0.1, -0.05) is 44.2 Å². The van der Waals surface area contributed by atoms with Crippen molar-refractivity contribution < 1.29 is 9.90 Å². The van der Waals surface area contributed by atoms with Crippen LogP contribution in [0.3, 0.4) is 0 Å². The number of pyridine rings is 1. The standard InChI is InChI=1S/C19H21NO3/c1-19(2)10-14-16(15(21)11-19)17(22)13(18(23)20(14)3)9-12-7-5-4-6-8-12/h4-8,22H,9-11H2,1-3H3. The smallest absolute Gasteiger partial charge is 0.257 e. The highest BCUT2D eigenvalue weighted by Crippen LogP contribution is 2.38. The summed E-state index contributed by atoms with van der Waals surface area (Å²) in [6.45, 7) is 4.01. The summed E-state index contributed by atoms with van der Waals surface area (Å²) in [6, 6.07) is 9.50. The van der Waals surface area contributed by atoms with Crippen LogP contribution < -0.4 is 5.56 Å². The summed E-state index contributed by atoms with van der Waals surface area (Å²) < 4.78 is 1.53. The van der Waals surface area contributed by atoms with Gasteiger partial charge in [0, 0.05) is 25.6 Å². The second-order valence-corrected chi connectivity index (χ2v) is 7.12. The molecule has 0 bridgehead atoms. The molecule has 23 heavy (non-hydrogen) atoms. The molecule has 0 aliphatic heterocycles. The van der Waals surface area contributed by atoms with Gasteiger partial charge in [-0.05, 0) is 17.4 Å². The van der Waals surface area contributed by atoms with Crippen molar-refractivity contribution in [2.24, 2.45) is 12.5 Å². The van der Waals surface area contributed by atoms with E-state index in [2.05, 4.69) is 0 Å². The second-order valence-electron chi connectivity index (χ2n) is 7.12. The number of benzene rings is 1. The van der Waals surface area contributed by atoms with Crippen LogP contribution in [0.2, 0.25) is 0 Å². The number of Topliss-reactive ketones (excluding diaryl/α,β-unsaturated/α-hetero) is 1. The minimum atomic E-state index is -0.226. The normalized spacial score (nSPS) is 16.2. The van der Waals surface area contributed by atoms with Crippen LogP contribution in [-0.4, -0.2) is 15.5 Å². The second kappa shape index (κ2) is 5.37. The number of carbonyl (C=O) groups is 1. The molecule has 0 radical (unpaired) electrons. The third-order valence-electron chi connectivity index (χ3n) is 4.57. The van der Waals surface area contributed by atoms with Crippen LogP contribution in [0.4, 0.5) is 0 Å². The average molecular weight is 311 g/mol. The van der Waals surface area contributed by atoms with Gasteiger partial charge in [-0.2, -0.15) is 0 Å². The van der Waals surface area contributed by atoms with E-state index in [4.69, 9.17) is 0 Å². The van der Waals surface area contributed by atoms with E-state index in [1.807, 2.05) is 44.2 Å². The van der Waals surface area contributed by atoms with Gasteiger partial charge >= 0.3 is 0 Å². The van der Waals surface area contributed by atoms with E-state index in [0.29, 0.717) is 36.1 Å². The molecule has 1 aromatic carbocycles. The molecule has 0 saturated heterocycles. The SMILES string of the molecule is Cn1c2c(c(O)c(Cc3ccccc3)c1=O)C(=O)CC(C)(C)C2. The van der Waals surface area contributed by atoms with Crippen molar-refractivity contribution >= 4 is 5.78 Å². The Kier molecular flexibility index (Phi) is 3.63. The number of nitrogens with zero attached hydrogens (tertiary/aromatic N) is 1. The summed E-state index contributed by atoms with van der Waals surface area (Å²) in [5, 5.41) is 10.6. The molecule has 0 spiro atoms. The molecule has 1 heterocycles. The predicted molar refractivity (Wildman–Crippen MR) is 89.0 cm³/mol. The topological polar surface area (TPSA) is 59.3 Å². The number of carbonyl (C=O) groups excluding carboxylic acids is 1. The molecule has 0 amide bonds. The van der Waals surface area contributed by atoms with Crippen LogP contribution >= 0.6 is 0 Å². The largest absolute Gasteiger partial charge is 0.507 e.